The zero-order chi connectivity index (χ0) is 13.5. The van der Waals surface area contributed by atoms with Crippen LogP contribution in [0.15, 0.2) is 24.3 Å². The lowest BCUT2D eigenvalue weighted by molar-refractivity contribution is -0.114. The zero-order valence-electron chi connectivity index (χ0n) is 11.6. The van der Waals surface area contributed by atoms with Crippen molar-refractivity contribution < 1.29 is 4.79 Å². The molecular weight excluding hydrogens is 238 g/mol. The van der Waals surface area contributed by atoms with Crippen molar-refractivity contribution in [2.45, 2.75) is 26.2 Å². The summed E-state index contributed by atoms with van der Waals surface area (Å²) in [6.07, 6.45) is 3.89. The fraction of sp³-hybridized carbons (Fsp3) is 0.533. The minimum Gasteiger partial charge on any atom is -0.385 e. The van der Waals surface area contributed by atoms with Crippen LogP contribution < -0.4 is 10.6 Å². The molecule has 0 aliphatic carbocycles. The molecule has 4 heteroatoms. The highest BCUT2D eigenvalue weighted by Crippen LogP contribution is 2.13. The van der Waals surface area contributed by atoms with Crippen LogP contribution in [0, 0.1) is 0 Å². The van der Waals surface area contributed by atoms with E-state index in [9.17, 15) is 4.79 Å². The summed E-state index contributed by atoms with van der Waals surface area (Å²) in [4.78, 5) is 13.4. The van der Waals surface area contributed by atoms with Crippen LogP contribution in [0.2, 0.25) is 0 Å². The summed E-state index contributed by atoms with van der Waals surface area (Å²) in [5.74, 6) is -0.0358. The lowest BCUT2D eigenvalue weighted by Gasteiger charge is -2.14. The molecular formula is C15H23N3O. The maximum absolute atomic E-state index is 10.9. The molecule has 4 nitrogen and oxygen atoms in total. The minimum absolute atomic E-state index is 0.0358. The molecule has 1 aromatic carbocycles. The molecule has 2 N–H and O–H groups in total. The Morgan fingerprint density at radius 1 is 1.16 bits per heavy atom. The zero-order valence-corrected chi connectivity index (χ0v) is 11.6. The van der Waals surface area contributed by atoms with Crippen LogP contribution in [0.3, 0.4) is 0 Å². The third-order valence-corrected chi connectivity index (χ3v) is 3.38. The smallest absolute Gasteiger partial charge is 0.221 e. The van der Waals surface area contributed by atoms with Gasteiger partial charge in [0.2, 0.25) is 5.91 Å². The minimum atomic E-state index is -0.0358. The van der Waals surface area contributed by atoms with Crippen LogP contribution in [0.4, 0.5) is 11.4 Å². The Bertz CT molecular complexity index is 396. The molecule has 0 unspecified atom stereocenters. The van der Waals surface area contributed by atoms with E-state index in [1.807, 2.05) is 24.3 Å². The molecule has 0 spiro atoms. The van der Waals surface area contributed by atoms with Gasteiger partial charge in [0, 0.05) is 24.8 Å². The van der Waals surface area contributed by atoms with Gasteiger partial charge in [-0.25, -0.2) is 0 Å². The van der Waals surface area contributed by atoms with Crippen molar-refractivity contribution in [3.63, 3.8) is 0 Å². The fourth-order valence-corrected chi connectivity index (χ4v) is 2.42. The summed E-state index contributed by atoms with van der Waals surface area (Å²) >= 11 is 0. The summed E-state index contributed by atoms with van der Waals surface area (Å²) in [5.41, 5.74) is 1.95. The predicted octanol–water partition coefficient (Wildman–Crippen LogP) is 2.54. The molecule has 2 rings (SSSR count). The number of hydrogen-bond acceptors (Lipinski definition) is 3. The number of rotatable bonds is 6. The lowest BCUT2D eigenvalue weighted by atomic mass is 10.2. The van der Waals surface area contributed by atoms with Crippen molar-refractivity contribution in [2.24, 2.45) is 0 Å². The number of benzene rings is 1. The van der Waals surface area contributed by atoms with Gasteiger partial charge in [0.1, 0.15) is 0 Å². The summed E-state index contributed by atoms with van der Waals surface area (Å²) in [6.45, 7) is 6.24. The van der Waals surface area contributed by atoms with E-state index in [0.29, 0.717) is 0 Å². The Balaban J connectivity index is 1.66. The average molecular weight is 261 g/mol. The first-order valence-electron chi connectivity index (χ1n) is 7.08. The van der Waals surface area contributed by atoms with Gasteiger partial charge >= 0.3 is 0 Å². The summed E-state index contributed by atoms with van der Waals surface area (Å²) in [5, 5.41) is 6.17. The second-order valence-electron chi connectivity index (χ2n) is 5.09. The quantitative estimate of drug-likeness (QED) is 0.773. The number of anilines is 2. The van der Waals surface area contributed by atoms with Crippen molar-refractivity contribution in [3.05, 3.63) is 24.3 Å². The summed E-state index contributed by atoms with van der Waals surface area (Å²) in [7, 11) is 0. The van der Waals surface area contributed by atoms with E-state index in [1.54, 1.807) is 0 Å². The van der Waals surface area contributed by atoms with Gasteiger partial charge in [0.25, 0.3) is 0 Å². The Labute approximate surface area is 115 Å². The third kappa shape index (κ3) is 4.91. The van der Waals surface area contributed by atoms with Crippen LogP contribution in [0.25, 0.3) is 0 Å². The molecule has 1 fully saturated rings. The topological polar surface area (TPSA) is 44.4 Å². The van der Waals surface area contributed by atoms with Gasteiger partial charge in [-0.05, 0) is 63.2 Å². The van der Waals surface area contributed by atoms with Gasteiger partial charge < -0.3 is 15.5 Å². The standard InChI is InChI=1S/C15H23N3O/c1-13(19)17-15-7-5-14(6-8-15)16-9-4-12-18-10-2-3-11-18/h5-8,16H,2-4,9-12H2,1H3,(H,17,19). The normalized spacial score (nSPS) is 15.4. The fourth-order valence-electron chi connectivity index (χ4n) is 2.42. The molecule has 19 heavy (non-hydrogen) atoms. The highest BCUT2D eigenvalue weighted by Gasteiger charge is 2.09. The van der Waals surface area contributed by atoms with E-state index in [0.717, 1.165) is 17.9 Å². The van der Waals surface area contributed by atoms with Crippen molar-refractivity contribution >= 4 is 17.3 Å². The van der Waals surface area contributed by atoms with Gasteiger partial charge in [0.15, 0.2) is 0 Å². The molecule has 1 aliphatic rings. The average Bonchev–Trinajstić information content (AvgIpc) is 2.89. The molecule has 1 aromatic rings. The first-order valence-corrected chi connectivity index (χ1v) is 7.08. The van der Waals surface area contributed by atoms with Gasteiger partial charge in [-0.2, -0.15) is 0 Å². The molecule has 1 saturated heterocycles. The second-order valence-corrected chi connectivity index (χ2v) is 5.09. The number of hydrogen-bond donors (Lipinski definition) is 2. The van der Waals surface area contributed by atoms with Crippen molar-refractivity contribution in [1.82, 2.24) is 4.90 Å². The maximum atomic E-state index is 10.9. The van der Waals surface area contributed by atoms with Crippen LogP contribution >= 0.6 is 0 Å². The number of carbonyl (C=O) groups is 1. The van der Waals surface area contributed by atoms with Gasteiger partial charge in [-0.1, -0.05) is 0 Å². The van der Waals surface area contributed by atoms with Crippen molar-refractivity contribution in [1.29, 1.82) is 0 Å². The molecule has 0 bridgehead atoms. The highest BCUT2D eigenvalue weighted by atomic mass is 16.1. The van der Waals surface area contributed by atoms with Crippen molar-refractivity contribution in [2.75, 3.05) is 36.8 Å². The van der Waals surface area contributed by atoms with Crippen molar-refractivity contribution in [3.8, 4) is 0 Å². The SMILES string of the molecule is CC(=O)Nc1ccc(NCCCN2CCCC2)cc1. The molecule has 1 aliphatic heterocycles. The number of carbonyl (C=O) groups excluding carboxylic acids is 1. The Hall–Kier alpha value is -1.55. The summed E-state index contributed by atoms with van der Waals surface area (Å²) < 4.78 is 0. The predicted molar refractivity (Wildman–Crippen MR) is 79.5 cm³/mol. The molecule has 0 saturated carbocycles. The largest absolute Gasteiger partial charge is 0.385 e. The van der Waals surface area contributed by atoms with E-state index in [4.69, 9.17) is 0 Å². The second kappa shape index (κ2) is 7.14. The molecule has 0 radical (unpaired) electrons. The van der Waals surface area contributed by atoms with Gasteiger partial charge in [-0.15, -0.1) is 0 Å². The van der Waals surface area contributed by atoms with Crippen LogP contribution in [0.1, 0.15) is 26.2 Å². The monoisotopic (exact) mass is 261 g/mol. The highest BCUT2D eigenvalue weighted by molar-refractivity contribution is 5.88. The summed E-state index contributed by atoms with van der Waals surface area (Å²) in [6, 6.07) is 7.84. The van der Waals surface area contributed by atoms with E-state index >= 15 is 0 Å². The molecule has 1 amide bonds. The van der Waals surface area contributed by atoms with E-state index in [2.05, 4.69) is 15.5 Å². The lowest BCUT2D eigenvalue weighted by Crippen LogP contribution is -2.22. The molecule has 0 atom stereocenters. The molecule has 104 valence electrons. The number of likely N-dealkylation sites (tertiary alicyclic amines) is 1. The number of nitrogens with zero attached hydrogens (tertiary/aromatic N) is 1. The number of amides is 1. The van der Waals surface area contributed by atoms with Crippen LogP contribution in [-0.4, -0.2) is 37.0 Å². The molecule has 0 aromatic heterocycles. The van der Waals surface area contributed by atoms with Gasteiger partial charge in [-0.3, -0.25) is 4.79 Å². The maximum Gasteiger partial charge on any atom is 0.221 e. The Kier molecular flexibility index (Phi) is 5.21. The van der Waals surface area contributed by atoms with Crippen LogP contribution in [-0.2, 0) is 4.79 Å². The Morgan fingerprint density at radius 2 is 1.79 bits per heavy atom. The molecule has 1 heterocycles. The number of nitrogens with one attached hydrogen (secondary N) is 2. The van der Waals surface area contributed by atoms with E-state index in [-0.39, 0.29) is 5.91 Å². The Morgan fingerprint density at radius 3 is 2.42 bits per heavy atom. The van der Waals surface area contributed by atoms with Crippen LogP contribution in [0.5, 0.6) is 0 Å². The first kappa shape index (κ1) is 13.9. The first-order chi connectivity index (χ1) is 9.24. The van der Waals surface area contributed by atoms with E-state index < -0.39 is 0 Å². The third-order valence-electron chi connectivity index (χ3n) is 3.38. The van der Waals surface area contributed by atoms with Gasteiger partial charge in [0.05, 0.1) is 0 Å². The van der Waals surface area contributed by atoms with E-state index in [1.165, 1.54) is 45.8 Å².